The van der Waals surface area contributed by atoms with Crippen LogP contribution in [0.5, 0.6) is 0 Å². The topological polar surface area (TPSA) is 43.9 Å². The van der Waals surface area contributed by atoms with E-state index < -0.39 is 5.41 Å². The molecule has 0 aliphatic carbocycles. The lowest BCUT2D eigenvalue weighted by molar-refractivity contribution is -0.156. The number of amides is 2. The molecule has 1 aromatic carbocycles. The second kappa shape index (κ2) is 4.99. The van der Waals surface area contributed by atoms with E-state index in [2.05, 4.69) is 0 Å². The molecule has 1 atom stereocenters. The summed E-state index contributed by atoms with van der Waals surface area (Å²) >= 11 is 5.21. The van der Waals surface area contributed by atoms with Crippen molar-refractivity contribution in [3.8, 4) is 0 Å². The lowest BCUT2D eigenvalue weighted by atomic mass is 9.68. The van der Waals surface area contributed by atoms with Gasteiger partial charge in [-0.05, 0) is 43.1 Å². The van der Waals surface area contributed by atoms with Crippen LogP contribution < -0.4 is 4.90 Å². The number of hydrogen-bond acceptors (Lipinski definition) is 4. The maximum Gasteiger partial charge on any atom is 0.246 e. The monoisotopic (exact) mass is 347 g/mol. The van der Waals surface area contributed by atoms with Crippen molar-refractivity contribution in [1.82, 2.24) is 9.80 Å². The third-order valence-electron chi connectivity index (χ3n) is 5.59. The molecule has 2 fully saturated rings. The summed E-state index contributed by atoms with van der Waals surface area (Å²) < 4.78 is 14.4. The van der Waals surface area contributed by atoms with E-state index in [-0.39, 0.29) is 35.2 Å². The summed E-state index contributed by atoms with van der Waals surface area (Å²) in [5, 5.41) is 0.213. The fraction of sp³-hybridized carbons (Fsp3) is 0.471. The first kappa shape index (κ1) is 15.5. The van der Waals surface area contributed by atoms with E-state index >= 15 is 0 Å². The number of halogens is 1. The van der Waals surface area contributed by atoms with Crippen LogP contribution in [0.25, 0.3) is 0 Å². The number of anilines is 1. The Bertz CT molecular complexity index is 757. The Morgan fingerprint density at radius 3 is 2.54 bits per heavy atom. The maximum atomic E-state index is 14.4. The molecule has 5 nitrogen and oxygen atoms in total. The lowest BCUT2D eigenvalue weighted by Gasteiger charge is -2.51. The van der Waals surface area contributed by atoms with Gasteiger partial charge in [-0.1, -0.05) is 12.1 Å². The zero-order valence-corrected chi connectivity index (χ0v) is 14.4. The highest BCUT2D eigenvalue weighted by atomic mass is 32.1. The van der Waals surface area contributed by atoms with Gasteiger partial charge in [0, 0.05) is 20.6 Å². The van der Waals surface area contributed by atoms with E-state index in [1.807, 2.05) is 11.0 Å². The number of hydrogen-bond donors (Lipinski definition) is 0. The number of carbonyl (C=O) groups is 2. The third-order valence-corrected chi connectivity index (χ3v) is 6.14. The molecule has 2 amide bonds. The molecule has 3 heterocycles. The van der Waals surface area contributed by atoms with E-state index in [4.69, 9.17) is 12.2 Å². The SMILES string of the molecule is CN1C(=O)C2(Cc3cccc(F)c3N3CCCC32)C(=O)N(C)C1=S. The second-order valence-electron chi connectivity index (χ2n) is 6.76. The van der Waals surface area contributed by atoms with Gasteiger partial charge < -0.3 is 4.90 Å². The summed E-state index contributed by atoms with van der Waals surface area (Å²) in [7, 11) is 3.21. The fourth-order valence-corrected chi connectivity index (χ4v) is 4.68. The molecule has 0 saturated carbocycles. The molecule has 1 spiro atoms. The Balaban J connectivity index is 1.93. The van der Waals surface area contributed by atoms with Crippen molar-refractivity contribution in [2.45, 2.75) is 25.3 Å². The van der Waals surface area contributed by atoms with Crippen molar-refractivity contribution >= 4 is 34.8 Å². The molecule has 3 aliphatic heterocycles. The summed E-state index contributed by atoms with van der Waals surface area (Å²) in [6.45, 7) is 0.652. The van der Waals surface area contributed by atoms with Gasteiger partial charge in [0.15, 0.2) is 10.5 Å². The molecule has 1 aromatic rings. The van der Waals surface area contributed by atoms with E-state index in [0.29, 0.717) is 24.2 Å². The van der Waals surface area contributed by atoms with Gasteiger partial charge in [0.05, 0.1) is 11.7 Å². The van der Waals surface area contributed by atoms with Crippen molar-refractivity contribution < 1.29 is 14.0 Å². The molecule has 0 aromatic heterocycles. The molecule has 1 unspecified atom stereocenters. The quantitative estimate of drug-likeness (QED) is 0.528. The number of para-hydroxylation sites is 1. The maximum absolute atomic E-state index is 14.4. The zero-order valence-electron chi connectivity index (χ0n) is 13.6. The van der Waals surface area contributed by atoms with Gasteiger partial charge >= 0.3 is 0 Å². The van der Waals surface area contributed by atoms with E-state index in [9.17, 15) is 14.0 Å². The number of thiocarbonyl (C=S) groups is 1. The molecule has 0 N–H and O–H groups in total. The average molecular weight is 347 g/mol. The highest BCUT2D eigenvalue weighted by molar-refractivity contribution is 7.80. The van der Waals surface area contributed by atoms with Crippen molar-refractivity contribution in [2.75, 3.05) is 25.5 Å². The molecular formula is C17H18FN3O2S. The van der Waals surface area contributed by atoms with Crippen LogP contribution in [0, 0.1) is 11.2 Å². The van der Waals surface area contributed by atoms with E-state index in [1.165, 1.54) is 15.9 Å². The minimum atomic E-state index is -1.22. The summed E-state index contributed by atoms with van der Waals surface area (Å²) in [5.41, 5.74) is 0.0393. The van der Waals surface area contributed by atoms with Gasteiger partial charge in [-0.2, -0.15) is 0 Å². The molecule has 0 bridgehead atoms. The van der Waals surface area contributed by atoms with Crippen LogP contribution in [-0.4, -0.2) is 53.4 Å². The normalized spacial score (nSPS) is 25.4. The first-order valence-corrected chi connectivity index (χ1v) is 8.44. The predicted octanol–water partition coefficient (Wildman–Crippen LogP) is 1.55. The van der Waals surface area contributed by atoms with Crippen molar-refractivity contribution in [2.24, 2.45) is 5.41 Å². The second-order valence-corrected chi connectivity index (χ2v) is 7.12. The predicted molar refractivity (Wildman–Crippen MR) is 91.0 cm³/mol. The molecule has 24 heavy (non-hydrogen) atoms. The minimum absolute atomic E-state index is 0.213. The molecule has 126 valence electrons. The Labute approximate surface area is 145 Å². The fourth-order valence-electron chi connectivity index (χ4n) is 4.51. The zero-order chi connectivity index (χ0) is 17.2. The first-order chi connectivity index (χ1) is 11.4. The Morgan fingerprint density at radius 2 is 1.88 bits per heavy atom. The average Bonchev–Trinajstić information content (AvgIpc) is 3.06. The molecular weight excluding hydrogens is 329 g/mol. The van der Waals surface area contributed by atoms with Crippen LogP contribution >= 0.6 is 12.2 Å². The molecule has 3 aliphatic rings. The summed E-state index contributed by atoms with van der Waals surface area (Å²) in [5.74, 6) is -0.841. The van der Waals surface area contributed by atoms with Crippen LogP contribution in [0.1, 0.15) is 18.4 Å². The first-order valence-electron chi connectivity index (χ1n) is 8.04. The number of carbonyl (C=O) groups excluding carboxylic acids is 2. The number of benzene rings is 1. The Morgan fingerprint density at radius 1 is 1.21 bits per heavy atom. The molecule has 0 radical (unpaired) electrons. The summed E-state index contributed by atoms with van der Waals surface area (Å²) in [6.07, 6.45) is 1.74. The van der Waals surface area contributed by atoms with Gasteiger partial charge in [-0.25, -0.2) is 4.39 Å². The van der Waals surface area contributed by atoms with Crippen LogP contribution in [0.3, 0.4) is 0 Å². The highest BCUT2D eigenvalue weighted by Gasteiger charge is 2.63. The van der Waals surface area contributed by atoms with Gasteiger partial charge in [0.2, 0.25) is 11.8 Å². The number of fused-ring (bicyclic) bond motifs is 4. The standard InChI is InChI=1S/C17H18FN3O2S/c1-19-14(22)17(15(23)20(2)16(19)24)9-10-5-3-6-11(18)13(10)21-8-4-7-12(17)21/h3,5-6,12H,4,7-9H2,1-2H3. The smallest absolute Gasteiger partial charge is 0.246 e. The van der Waals surface area contributed by atoms with E-state index in [1.54, 1.807) is 20.2 Å². The summed E-state index contributed by atoms with van der Waals surface area (Å²) in [6, 6.07) is 4.55. The van der Waals surface area contributed by atoms with Gasteiger partial charge in [-0.3, -0.25) is 19.4 Å². The Kier molecular flexibility index (Phi) is 3.22. The van der Waals surface area contributed by atoms with Crippen molar-refractivity contribution in [3.63, 3.8) is 0 Å². The van der Waals surface area contributed by atoms with E-state index in [0.717, 1.165) is 6.42 Å². The molecule has 2 saturated heterocycles. The van der Waals surface area contributed by atoms with Gasteiger partial charge in [0.25, 0.3) is 0 Å². The Hall–Kier alpha value is -2.02. The van der Waals surface area contributed by atoms with Gasteiger partial charge in [-0.15, -0.1) is 0 Å². The highest BCUT2D eigenvalue weighted by Crippen LogP contribution is 2.49. The summed E-state index contributed by atoms with van der Waals surface area (Å²) in [4.78, 5) is 31.0. The van der Waals surface area contributed by atoms with Gasteiger partial charge in [0.1, 0.15) is 5.82 Å². The van der Waals surface area contributed by atoms with Crippen LogP contribution in [0.2, 0.25) is 0 Å². The van der Waals surface area contributed by atoms with Crippen molar-refractivity contribution in [3.05, 3.63) is 29.6 Å². The van der Waals surface area contributed by atoms with Crippen LogP contribution in [0.4, 0.5) is 10.1 Å². The van der Waals surface area contributed by atoms with Crippen molar-refractivity contribution in [1.29, 1.82) is 0 Å². The number of nitrogens with zero attached hydrogens (tertiary/aromatic N) is 3. The third kappa shape index (κ3) is 1.70. The minimum Gasteiger partial charge on any atom is -0.364 e. The largest absolute Gasteiger partial charge is 0.364 e. The molecule has 4 rings (SSSR count). The van der Waals surface area contributed by atoms with Crippen LogP contribution in [0.15, 0.2) is 18.2 Å². The number of rotatable bonds is 0. The van der Waals surface area contributed by atoms with Crippen LogP contribution in [-0.2, 0) is 16.0 Å². The lowest BCUT2D eigenvalue weighted by Crippen LogP contribution is -2.70. The molecule has 7 heteroatoms.